The lowest BCUT2D eigenvalue weighted by atomic mass is 10.2. The van der Waals surface area contributed by atoms with Crippen LogP contribution in [0.15, 0.2) is 46.2 Å². The van der Waals surface area contributed by atoms with Gasteiger partial charge in [-0.15, -0.1) is 11.3 Å². The van der Waals surface area contributed by atoms with E-state index in [1.165, 1.54) is 4.88 Å². The summed E-state index contributed by atoms with van der Waals surface area (Å²) in [7, 11) is 0. The minimum Gasteiger partial charge on any atom is -0.483 e. The van der Waals surface area contributed by atoms with Gasteiger partial charge in [0.2, 0.25) is 6.26 Å². The maximum Gasteiger partial charge on any atom is 0.216 e. The Balaban J connectivity index is 1.84. The zero-order valence-electron chi connectivity index (χ0n) is 8.47. The van der Waals surface area contributed by atoms with Crippen molar-refractivity contribution in [1.82, 2.24) is 0 Å². The Hall–Kier alpha value is -1.74. The monoisotopic (exact) mass is 229 g/mol. The minimum absolute atomic E-state index is 0.567. The highest BCUT2D eigenvalue weighted by Crippen LogP contribution is 2.27. The van der Waals surface area contributed by atoms with Gasteiger partial charge in [-0.2, -0.15) is 0 Å². The molecule has 0 aliphatic heterocycles. The van der Waals surface area contributed by atoms with E-state index in [0.29, 0.717) is 12.4 Å². The van der Waals surface area contributed by atoms with Crippen LogP contribution in [0.1, 0.15) is 4.88 Å². The van der Waals surface area contributed by atoms with Crippen LogP contribution in [0.5, 0.6) is 5.75 Å². The zero-order valence-corrected chi connectivity index (χ0v) is 9.29. The second-order valence-corrected chi connectivity index (χ2v) is 4.43. The van der Waals surface area contributed by atoms with Crippen molar-refractivity contribution in [1.29, 1.82) is 0 Å². The molecule has 0 bridgehead atoms. The van der Waals surface area contributed by atoms with Crippen molar-refractivity contribution in [2.24, 2.45) is 0 Å². The Morgan fingerprint density at radius 1 is 1.19 bits per heavy atom. The summed E-state index contributed by atoms with van der Waals surface area (Å²) in [6.07, 6.45) is 2.78. The molecule has 16 heavy (non-hydrogen) atoms. The van der Waals surface area contributed by atoms with E-state index in [0.717, 1.165) is 11.0 Å². The van der Waals surface area contributed by atoms with Gasteiger partial charge in [0.15, 0.2) is 5.75 Å². The van der Waals surface area contributed by atoms with E-state index in [1.54, 1.807) is 11.3 Å². The van der Waals surface area contributed by atoms with Gasteiger partial charge in [-0.3, -0.25) is 0 Å². The Morgan fingerprint density at radius 2 is 2.12 bits per heavy atom. The van der Waals surface area contributed by atoms with Gasteiger partial charge in [0.25, 0.3) is 0 Å². The standard InChI is InChI=1S/C13H9O2S/c1-2-6-12-11(5-1)13(9-15-12)14-8-10-4-3-7-16-10/h1-7H,8H2. The molecule has 0 amide bonds. The zero-order chi connectivity index (χ0) is 10.8. The van der Waals surface area contributed by atoms with Crippen LogP contribution in [0, 0.1) is 6.26 Å². The van der Waals surface area contributed by atoms with Crippen molar-refractivity contribution in [2.75, 3.05) is 0 Å². The predicted molar refractivity (Wildman–Crippen MR) is 63.7 cm³/mol. The molecular weight excluding hydrogens is 220 g/mol. The maximum atomic E-state index is 5.66. The SMILES string of the molecule is [c]1oc2ccccc2c1OCc1cccs1. The molecule has 2 aromatic heterocycles. The summed E-state index contributed by atoms with van der Waals surface area (Å²) in [5, 5.41) is 3.01. The first-order valence-electron chi connectivity index (χ1n) is 4.98. The molecule has 0 atom stereocenters. The second-order valence-electron chi connectivity index (χ2n) is 3.40. The Morgan fingerprint density at radius 3 is 3.00 bits per heavy atom. The molecule has 0 fully saturated rings. The van der Waals surface area contributed by atoms with E-state index in [1.807, 2.05) is 41.8 Å². The molecule has 3 aromatic rings. The molecule has 0 N–H and O–H groups in total. The van der Waals surface area contributed by atoms with Crippen molar-refractivity contribution in [2.45, 2.75) is 6.61 Å². The summed E-state index contributed by atoms with van der Waals surface area (Å²) in [5.74, 6) is 0.684. The van der Waals surface area contributed by atoms with E-state index in [2.05, 4.69) is 6.26 Å². The largest absolute Gasteiger partial charge is 0.483 e. The van der Waals surface area contributed by atoms with Gasteiger partial charge in [-0.05, 0) is 23.6 Å². The van der Waals surface area contributed by atoms with Gasteiger partial charge in [0.05, 0.1) is 5.39 Å². The van der Waals surface area contributed by atoms with Crippen LogP contribution in [0.4, 0.5) is 0 Å². The summed E-state index contributed by atoms with van der Waals surface area (Å²) in [6, 6.07) is 11.8. The molecule has 0 aliphatic rings. The number of hydrogen-bond donors (Lipinski definition) is 0. The highest BCUT2D eigenvalue weighted by atomic mass is 32.1. The number of ether oxygens (including phenoxy) is 1. The van der Waals surface area contributed by atoms with Gasteiger partial charge in [-0.1, -0.05) is 18.2 Å². The molecule has 0 spiro atoms. The lowest BCUT2D eigenvalue weighted by Gasteiger charge is -2.00. The Labute approximate surface area is 97.1 Å². The second kappa shape index (κ2) is 4.02. The van der Waals surface area contributed by atoms with E-state index in [-0.39, 0.29) is 0 Å². The highest BCUT2D eigenvalue weighted by Gasteiger charge is 2.07. The smallest absolute Gasteiger partial charge is 0.216 e. The van der Waals surface area contributed by atoms with E-state index >= 15 is 0 Å². The average Bonchev–Trinajstić information content (AvgIpc) is 2.96. The first-order chi connectivity index (χ1) is 7.93. The molecule has 0 saturated carbocycles. The van der Waals surface area contributed by atoms with Crippen molar-refractivity contribution < 1.29 is 9.15 Å². The van der Waals surface area contributed by atoms with Crippen molar-refractivity contribution in [3.05, 3.63) is 52.9 Å². The molecular formula is C13H9O2S. The molecule has 0 saturated heterocycles. The molecule has 0 aliphatic carbocycles. The molecule has 2 nitrogen and oxygen atoms in total. The Bertz CT molecular complexity index is 581. The van der Waals surface area contributed by atoms with Crippen molar-refractivity contribution >= 4 is 22.3 Å². The van der Waals surface area contributed by atoms with Crippen LogP contribution in [0.3, 0.4) is 0 Å². The lowest BCUT2D eigenvalue weighted by Crippen LogP contribution is -1.91. The fraction of sp³-hybridized carbons (Fsp3) is 0.0769. The molecule has 3 rings (SSSR count). The fourth-order valence-corrected chi connectivity index (χ4v) is 2.16. The molecule has 0 unspecified atom stereocenters. The van der Waals surface area contributed by atoms with Gasteiger partial charge in [0, 0.05) is 4.88 Å². The number of rotatable bonds is 3. The normalized spacial score (nSPS) is 10.8. The summed E-state index contributed by atoms with van der Waals surface area (Å²) in [6.45, 7) is 0.567. The summed E-state index contributed by atoms with van der Waals surface area (Å²) < 4.78 is 10.9. The van der Waals surface area contributed by atoms with Gasteiger partial charge in [-0.25, -0.2) is 0 Å². The van der Waals surface area contributed by atoms with Crippen LogP contribution in [-0.2, 0) is 6.61 Å². The number of para-hydroxylation sites is 1. The van der Waals surface area contributed by atoms with Crippen LogP contribution in [-0.4, -0.2) is 0 Å². The van der Waals surface area contributed by atoms with E-state index in [4.69, 9.17) is 9.15 Å². The van der Waals surface area contributed by atoms with Crippen molar-refractivity contribution in [3.8, 4) is 5.75 Å². The first kappa shape index (κ1) is 9.48. The molecule has 3 heteroatoms. The number of furan rings is 1. The third kappa shape index (κ3) is 1.70. The predicted octanol–water partition coefficient (Wildman–Crippen LogP) is 3.87. The number of fused-ring (bicyclic) bond motifs is 1. The van der Waals surface area contributed by atoms with Crippen LogP contribution < -0.4 is 4.74 Å². The van der Waals surface area contributed by atoms with Gasteiger partial charge in [0.1, 0.15) is 12.2 Å². The third-order valence-electron chi connectivity index (χ3n) is 2.32. The molecule has 1 aromatic carbocycles. The van der Waals surface area contributed by atoms with Gasteiger partial charge >= 0.3 is 0 Å². The quantitative estimate of drug-likeness (QED) is 0.680. The summed E-state index contributed by atoms with van der Waals surface area (Å²) in [5.41, 5.74) is 0.809. The maximum absolute atomic E-state index is 5.66. The van der Waals surface area contributed by atoms with Crippen LogP contribution in [0.25, 0.3) is 11.0 Å². The highest BCUT2D eigenvalue weighted by molar-refractivity contribution is 7.09. The minimum atomic E-state index is 0.567. The van der Waals surface area contributed by atoms with E-state index in [9.17, 15) is 0 Å². The summed E-state index contributed by atoms with van der Waals surface area (Å²) >= 11 is 1.68. The number of benzene rings is 1. The van der Waals surface area contributed by atoms with Crippen LogP contribution in [0.2, 0.25) is 0 Å². The molecule has 79 valence electrons. The Kier molecular flexibility index (Phi) is 2.38. The van der Waals surface area contributed by atoms with Crippen LogP contribution >= 0.6 is 11.3 Å². The third-order valence-corrected chi connectivity index (χ3v) is 3.17. The number of thiophene rings is 1. The first-order valence-corrected chi connectivity index (χ1v) is 5.86. The van der Waals surface area contributed by atoms with E-state index < -0.39 is 0 Å². The molecule has 1 radical (unpaired) electrons. The lowest BCUT2D eigenvalue weighted by molar-refractivity contribution is 0.307. The fourth-order valence-electron chi connectivity index (χ4n) is 1.54. The number of hydrogen-bond acceptors (Lipinski definition) is 3. The summed E-state index contributed by atoms with van der Waals surface area (Å²) in [4.78, 5) is 1.19. The van der Waals surface area contributed by atoms with Crippen molar-refractivity contribution in [3.63, 3.8) is 0 Å². The average molecular weight is 229 g/mol. The topological polar surface area (TPSA) is 22.4 Å². The molecule has 2 heterocycles. The van der Waals surface area contributed by atoms with Gasteiger partial charge < -0.3 is 9.15 Å².